The van der Waals surface area contributed by atoms with Crippen LogP contribution in [-0.4, -0.2) is 35.7 Å². The molecular weight excluding hydrogens is 516 g/mol. The molecular formula is C30H30N2O6S. The highest BCUT2D eigenvalue weighted by atomic mass is 32.2. The zero-order chi connectivity index (χ0) is 27.8. The number of anilines is 1. The fourth-order valence-corrected chi connectivity index (χ4v) is 5.55. The summed E-state index contributed by atoms with van der Waals surface area (Å²) in [5.41, 5.74) is 2.06. The number of hydrogen-bond donors (Lipinski definition) is 1. The minimum absolute atomic E-state index is 0.0369. The molecule has 0 bridgehead atoms. The molecule has 0 saturated carbocycles. The number of benzene rings is 4. The van der Waals surface area contributed by atoms with E-state index in [0.717, 1.165) is 11.1 Å². The molecule has 9 heteroatoms. The van der Waals surface area contributed by atoms with Gasteiger partial charge < -0.3 is 19.5 Å². The Labute approximate surface area is 228 Å². The van der Waals surface area contributed by atoms with Crippen LogP contribution in [-0.2, 0) is 23.1 Å². The molecule has 0 spiro atoms. The smallest absolute Gasteiger partial charge is 0.264 e. The van der Waals surface area contributed by atoms with Crippen molar-refractivity contribution in [1.29, 1.82) is 0 Å². The van der Waals surface area contributed by atoms with Gasteiger partial charge in [0.25, 0.3) is 15.9 Å². The summed E-state index contributed by atoms with van der Waals surface area (Å²) in [7, 11) is 0.562. The summed E-state index contributed by atoms with van der Waals surface area (Å²) in [5.74, 6) is 1.25. The normalized spacial score (nSPS) is 10.9. The third-order valence-electron chi connectivity index (χ3n) is 6.13. The third-order valence-corrected chi connectivity index (χ3v) is 7.91. The number of rotatable bonds is 11. The summed E-state index contributed by atoms with van der Waals surface area (Å²) in [6.07, 6.45) is 0. The van der Waals surface area contributed by atoms with E-state index >= 15 is 0 Å². The van der Waals surface area contributed by atoms with Gasteiger partial charge in [0.05, 0.1) is 44.0 Å². The molecule has 0 unspecified atom stereocenters. The van der Waals surface area contributed by atoms with Gasteiger partial charge in [-0.15, -0.1) is 0 Å². The van der Waals surface area contributed by atoms with Gasteiger partial charge in [0, 0.05) is 6.54 Å². The Morgan fingerprint density at radius 1 is 0.744 bits per heavy atom. The second-order valence-corrected chi connectivity index (χ2v) is 10.4. The number of carbonyl (C=O) groups excluding carboxylic acids is 1. The van der Waals surface area contributed by atoms with Crippen molar-refractivity contribution in [2.75, 3.05) is 25.6 Å². The van der Waals surface area contributed by atoms with E-state index in [-0.39, 0.29) is 29.2 Å². The second kappa shape index (κ2) is 12.4. The molecule has 202 valence electrons. The maximum Gasteiger partial charge on any atom is 0.264 e. The van der Waals surface area contributed by atoms with Crippen molar-refractivity contribution in [3.8, 4) is 17.2 Å². The van der Waals surface area contributed by atoms with Crippen LogP contribution in [0.4, 0.5) is 5.69 Å². The van der Waals surface area contributed by atoms with E-state index in [4.69, 9.17) is 14.2 Å². The Hall–Kier alpha value is -4.50. The molecule has 39 heavy (non-hydrogen) atoms. The van der Waals surface area contributed by atoms with E-state index in [1.807, 2.05) is 36.4 Å². The summed E-state index contributed by atoms with van der Waals surface area (Å²) >= 11 is 0. The Bertz CT molecular complexity index is 1520. The van der Waals surface area contributed by atoms with Gasteiger partial charge >= 0.3 is 0 Å². The molecule has 0 saturated heterocycles. The molecule has 4 aromatic carbocycles. The van der Waals surface area contributed by atoms with Gasteiger partial charge in [-0.1, -0.05) is 48.5 Å². The number of nitrogens with zero attached hydrogens (tertiary/aromatic N) is 1. The van der Waals surface area contributed by atoms with Crippen LogP contribution in [0.3, 0.4) is 0 Å². The van der Waals surface area contributed by atoms with E-state index in [0.29, 0.717) is 17.2 Å². The number of hydrogen-bond acceptors (Lipinski definition) is 6. The van der Waals surface area contributed by atoms with E-state index in [2.05, 4.69) is 5.32 Å². The number of carbonyl (C=O) groups is 1. The van der Waals surface area contributed by atoms with E-state index in [9.17, 15) is 13.2 Å². The van der Waals surface area contributed by atoms with Gasteiger partial charge in [0.2, 0.25) is 0 Å². The number of methoxy groups -OCH3 is 3. The molecule has 1 N–H and O–H groups in total. The van der Waals surface area contributed by atoms with E-state index in [1.54, 1.807) is 62.8 Å². The largest absolute Gasteiger partial charge is 0.497 e. The Morgan fingerprint density at radius 3 is 2.08 bits per heavy atom. The SMILES string of the molecule is COc1ccc(S(=O)(=O)N(Cc2ccccc2)c2ccccc2C(=O)NCc2ccc(OC)c(OC)c2)cc1. The lowest BCUT2D eigenvalue weighted by atomic mass is 10.1. The highest BCUT2D eigenvalue weighted by Gasteiger charge is 2.28. The highest BCUT2D eigenvalue weighted by molar-refractivity contribution is 7.92. The van der Waals surface area contributed by atoms with Crippen LogP contribution in [0.15, 0.2) is 102 Å². The predicted octanol–water partition coefficient (Wildman–Crippen LogP) is 5.04. The minimum Gasteiger partial charge on any atom is -0.497 e. The number of nitrogens with one attached hydrogen (secondary N) is 1. The molecule has 0 aliphatic rings. The van der Waals surface area contributed by atoms with Crippen LogP contribution >= 0.6 is 0 Å². The van der Waals surface area contributed by atoms with Gasteiger partial charge in [0.1, 0.15) is 5.75 Å². The van der Waals surface area contributed by atoms with Crippen molar-refractivity contribution in [1.82, 2.24) is 5.32 Å². The molecule has 0 aliphatic carbocycles. The van der Waals surface area contributed by atoms with Gasteiger partial charge in [-0.3, -0.25) is 9.10 Å². The fourth-order valence-electron chi connectivity index (χ4n) is 4.08. The maximum absolute atomic E-state index is 13.9. The zero-order valence-electron chi connectivity index (χ0n) is 22.0. The van der Waals surface area contributed by atoms with Crippen LogP contribution in [0.2, 0.25) is 0 Å². The highest BCUT2D eigenvalue weighted by Crippen LogP contribution is 2.31. The van der Waals surface area contributed by atoms with Crippen LogP contribution in [0.25, 0.3) is 0 Å². The van der Waals surface area contributed by atoms with E-state index < -0.39 is 15.9 Å². The van der Waals surface area contributed by atoms with Crippen LogP contribution < -0.4 is 23.8 Å². The lowest BCUT2D eigenvalue weighted by Gasteiger charge is -2.27. The quantitative estimate of drug-likeness (QED) is 0.283. The fraction of sp³-hybridized carbons (Fsp3) is 0.167. The van der Waals surface area contributed by atoms with Crippen LogP contribution in [0.5, 0.6) is 17.2 Å². The summed E-state index contributed by atoms with van der Waals surface area (Å²) in [6.45, 7) is 0.243. The second-order valence-electron chi connectivity index (χ2n) is 8.56. The zero-order valence-corrected chi connectivity index (χ0v) is 22.8. The van der Waals surface area contributed by atoms with Gasteiger partial charge in [-0.25, -0.2) is 8.42 Å². The molecule has 4 aromatic rings. The van der Waals surface area contributed by atoms with E-state index in [1.165, 1.54) is 23.5 Å². The Balaban J connectivity index is 1.68. The van der Waals surface area contributed by atoms with Crippen molar-refractivity contribution in [2.24, 2.45) is 0 Å². The third kappa shape index (κ3) is 6.32. The molecule has 0 atom stereocenters. The first-order chi connectivity index (χ1) is 18.9. The van der Waals surface area contributed by atoms with Crippen molar-refractivity contribution in [3.05, 3.63) is 114 Å². The number of ether oxygens (including phenoxy) is 3. The molecule has 0 radical (unpaired) electrons. The van der Waals surface area contributed by atoms with Crippen molar-refractivity contribution >= 4 is 21.6 Å². The lowest BCUT2D eigenvalue weighted by molar-refractivity contribution is 0.0951. The summed E-state index contributed by atoms with van der Waals surface area (Å²) in [4.78, 5) is 13.5. The number of sulfonamides is 1. The predicted molar refractivity (Wildman–Crippen MR) is 150 cm³/mol. The molecule has 8 nitrogen and oxygen atoms in total. The molecule has 0 fully saturated rings. The lowest BCUT2D eigenvalue weighted by Crippen LogP contribution is -2.33. The standard InChI is InChI=1S/C30H30N2O6S/c1-36-24-14-16-25(17-15-24)39(34,35)32(21-22-9-5-4-6-10-22)27-12-8-7-11-26(27)30(33)31-20-23-13-18-28(37-2)29(19-23)38-3/h4-19H,20-21H2,1-3H3,(H,31,33). The molecule has 4 rings (SSSR count). The summed E-state index contributed by atoms with van der Waals surface area (Å²) in [5, 5.41) is 2.90. The minimum atomic E-state index is -4.05. The van der Waals surface area contributed by atoms with Gasteiger partial charge in [-0.2, -0.15) is 0 Å². The molecule has 1 amide bonds. The van der Waals surface area contributed by atoms with Crippen molar-refractivity contribution < 1.29 is 27.4 Å². The number of amides is 1. The van der Waals surface area contributed by atoms with Crippen molar-refractivity contribution in [3.63, 3.8) is 0 Å². The summed E-state index contributed by atoms with van der Waals surface area (Å²) < 4.78 is 45.0. The van der Waals surface area contributed by atoms with Crippen molar-refractivity contribution in [2.45, 2.75) is 18.0 Å². The average Bonchev–Trinajstić information content (AvgIpc) is 2.99. The number of para-hydroxylation sites is 1. The van der Waals surface area contributed by atoms with Gasteiger partial charge in [-0.05, 0) is 59.7 Å². The topological polar surface area (TPSA) is 94.2 Å². The Kier molecular flexibility index (Phi) is 8.73. The maximum atomic E-state index is 13.9. The summed E-state index contributed by atoms with van der Waals surface area (Å²) in [6, 6.07) is 27.4. The molecule has 0 aromatic heterocycles. The van der Waals surface area contributed by atoms with Gasteiger partial charge in [0.15, 0.2) is 11.5 Å². The average molecular weight is 547 g/mol. The first-order valence-corrected chi connectivity index (χ1v) is 13.6. The Morgan fingerprint density at radius 2 is 1.41 bits per heavy atom. The molecule has 0 heterocycles. The monoisotopic (exact) mass is 546 g/mol. The van der Waals surface area contributed by atoms with Crippen LogP contribution in [0.1, 0.15) is 21.5 Å². The first-order valence-electron chi connectivity index (χ1n) is 12.2. The molecule has 0 aliphatic heterocycles. The first kappa shape index (κ1) is 27.5. The van der Waals surface area contributed by atoms with Crippen LogP contribution in [0, 0.1) is 0 Å².